The fourth-order valence-corrected chi connectivity index (χ4v) is 1.35. The van der Waals surface area contributed by atoms with Crippen molar-refractivity contribution in [1.29, 1.82) is 0 Å². The lowest BCUT2D eigenvalue weighted by molar-refractivity contribution is -0.702. The van der Waals surface area contributed by atoms with Crippen molar-refractivity contribution in [1.82, 2.24) is 4.57 Å². The molecular formula is C10H18BrN2+. The van der Waals surface area contributed by atoms with Gasteiger partial charge in [-0.25, -0.2) is 9.13 Å². The van der Waals surface area contributed by atoms with Crippen LogP contribution in [0.2, 0.25) is 0 Å². The van der Waals surface area contributed by atoms with Gasteiger partial charge in [0.15, 0.2) is 0 Å². The molecule has 1 rings (SSSR count). The Bertz CT molecular complexity index is 266. The van der Waals surface area contributed by atoms with E-state index in [0.29, 0.717) is 0 Å². The number of allylic oxidation sites excluding steroid dienone is 1. The zero-order valence-corrected chi connectivity index (χ0v) is 10.1. The van der Waals surface area contributed by atoms with Crippen LogP contribution < -0.4 is 4.57 Å². The first-order valence-electron chi connectivity index (χ1n) is 4.45. The van der Waals surface area contributed by atoms with E-state index in [-0.39, 0.29) is 17.0 Å². The summed E-state index contributed by atoms with van der Waals surface area (Å²) in [5, 5.41) is 0. The van der Waals surface area contributed by atoms with Crippen LogP contribution in [0.5, 0.6) is 0 Å². The average Bonchev–Trinajstić information content (AvgIpc) is 2.38. The van der Waals surface area contributed by atoms with Gasteiger partial charge in [-0.05, 0) is 6.42 Å². The van der Waals surface area contributed by atoms with Crippen LogP contribution in [0.4, 0.5) is 0 Å². The van der Waals surface area contributed by atoms with Crippen LogP contribution in [0.3, 0.4) is 0 Å². The Balaban J connectivity index is 0.00000144. The highest BCUT2D eigenvalue weighted by atomic mass is 79.9. The molecule has 0 aromatic carbocycles. The van der Waals surface area contributed by atoms with Gasteiger partial charge in [0.2, 0.25) is 0 Å². The van der Waals surface area contributed by atoms with E-state index in [4.69, 9.17) is 0 Å². The highest BCUT2D eigenvalue weighted by molar-refractivity contribution is 8.93. The van der Waals surface area contributed by atoms with E-state index < -0.39 is 0 Å². The molecule has 0 saturated heterocycles. The van der Waals surface area contributed by atoms with E-state index in [0.717, 1.165) is 13.1 Å². The van der Waals surface area contributed by atoms with E-state index in [2.05, 4.69) is 42.0 Å². The number of aromatic nitrogens is 2. The predicted molar refractivity (Wildman–Crippen MR) is 60.2 cm³/mol. The number of aryl methyl sites for hydroxylation is 1. The summed E-state index contributed by atoms with van der Waals surface area (Å²) < 4.78 is 4.46. The minimum absolute atomic E-state index is 0. The molecule has 0 N–H and O–H groups in total. The van der Waals surface area contributed by atoms with Gasteiger partial charge in [-0.15, -0.1) is 17.0 Å². The van der Waals surface area contributed by atoms with Crippen molar-refractivity contribution in [2.24, 2.45) is 0 Å². The van der Waals surface area contributed by atoms with Gasteiger partial charge in [0.25, 0.3) is 5.82 Å². The monoisotopic (exact) mass is 245 g/mol. The first kappa shape index (κ1) is 12.4. The molecule has 0 amide bonds. The summed E-state index contributed by atoms with van der Waals surface area (Å²) in [5.41, 5.74) is 0. The summed E-state index contributed by atoms with van der Waals surface area (Å²) in [6.45, 7) is 10.1. The molecule has 0 bridgehead atoms. The highest BCUT2D eigenvalue weighted by Gasteiger charge is 2.08. The molecule has 74 valence electrons. The highest BCUT2D eigenvalue weighted by Crippen LogP contribution is 1.94. The summed E-state index contributed by atoms with van der Waals surface area (Å²) >= 11 is 0. The van der Waals surface area contributed by atoms with Crippen LogP contribution in [0.15, 0.2) is 25.0 Å². The molecule has 1 aromatic heterocycles. The standard InChI is InChI=1S/C10H17N2.BrH/c1-4-6-11-8-9-12(7-5-2)10(11)3;/h4,8-9H,1,5-7H2,2-3H3;1H/q+1;. The second-order valence-corrected chi connectivity index (χ2v) is 2.98. The topological polar surface area (TPSA) is 8.81 Å². The number of rotatable bonds is 4. The third-order valence-corrected chi connectivity index (χ3v) is 2.05. The number of hydrogen-bond donors (Lipinski definition) is 0. The molecule has 0 saturated carbocycles. The number of hydrogen-bond acceptors (Lipinski definition) is 0. The molecule has 0 aliphatic carbocycles. The zero-order chi connectivity index (χ0) is 8.97. The molecular weight excluding hydrogens is 228 g/mol. The third-order valence-electron chi connectivity index (χ3n) is 2.05. The molecule has 3 heteroatoms. The molecule has 0 aliphatic heterocycles. The minimum atomic E-state index is 0. The maximum Gasteiger partial charge on any atom is 0.253 e. The van der Waals surface area contributed by atoms with Gasteiger partial charge in [-0.1, -0.05) is 19.6 Å². The second-order valence-electron chi connectivity index (χ2n) is 2.98. The maximum atomic E-state index is 3.72. The number of halogens is 1. The minimum Gasteiger partial charge on any atom is -0.234 e. The Morgan fingerprint density at radius 1 is 1.62 bits per heavy atom. The van der Waals surface area contributed by atoms with Gasteiger partial charge in [0.05, 0.1) is 6.54 Å². The first-order chi connectivity index (χ1) is 5.79. The normalized spacial score (nSPS) is 9.38. The quantitative estimate of drug-likeness (QED) is 0.569. The molecule has 0 atom stereocenters. The summed E-state index contributed by atoms with van der Waals surface area (Å²) in [4.78, 5) is 0. The zero-order valence-electron chi connectivity index (χ0n) is 8.36. The Hall–Kier alpha value is -0.570. The van der Waals surface area contributed by atoms with Crippen molar-refractivity contribution in [3.8, 4) is 0 Å². The molecule has 1 aromatic rings. The Morgan fingerprint density at radius 2 is 2.31 bits per heavy atom. The molecule has 0 fully saturated rings. The van der Waals surface area contributed by atoms with E-state index in [1.807, 2.05) is 6.08 Å². The molecule has 0 radical (unpaired) electrons. The molecule has 13 heavy (non-hydrogen) atoms. The smallest absolute Gasteiger partial charge is 0.234 e. The summed E-state index contributed by atoms with van der Waals surface area (Å²) in [6, 6.07) is 0. The van der Waals surface area contributed by atoms with Gasteiger partial charge < -0.3 is 0 Å². The van der Waals surface area contributed by atoms with Gasteiger partial charge in [0, 0.05) is 6.92 Å². The van der Waals surface area contributed by atoms with Crippen molar-refractivity contribution in [2.45, 2.75) is 33.4 Å². The van der Waals surface area contributed by atoms with Crippen molar-refractivity contribution in [3.05, 3.63) is 30.9 Å². The Labute approximate surface area is 90.7 Å². The summed E-state index contributed by atoms with van der Waals surface area (Å²) in [6.07, 6.45) is 7.34. The van der Waals surface area contributed by atoms with Crippen LogP contribution >= 0.6 is 17.0 Å². The number of nitrogens with zero attached hydrogens (tertiary/aromatic N) is 2. The van der Waals surface area contributed by atoms with Gasteiger partial charge >= 0.3 is 0 Å². The fraction of sp³-hybridized carbons (Fsp3) is 0.500. The lowest BCUT2D eigenvalue weighted by Crippen LogP contribution is -2.35. The molecule has 0 aliphatic rings. The lowest BCUT2D eigenvalue weighted by atomic mass is 10.4. The summed E-state index contributed by atoms with van der Waals surface area (Å²) in [7, 11) is 0. The van der Waals surface area contributed by atoms with Crippen molar-refractivity contribution in [2.75, 3.05) is 0 Å². The molecule has 2 nitrogen and oxygen atoms in total. The van der Waals surface area contributed by atoms with Gasteiger partial charge in [-0.2, -0.15) is 0 Å². The van der Waals surface area contributed by atoms with Crippen LogP contribution in [-0.4, -0.2) is 4.57 Å². The van der Waals surface area contributed by atoms with Crippen LogP contribution in [0.25, 0.3) is 0 Å². The Morgan fingerprint density at radius 3 is 2.85 bits per heavy atom. The van der Waals surface area contributed by atoms with E-state index in [9.17, 15) is 0 Å². The first-order valence-corrected chi connectivity index (χ1v) is 4.45. The molecule has 1 heterocycles. The largest absolute Gasteiger partial charge is 0.253 e. The Kier molecular flexibility index (Phi) is 5.71. The second kappa shape index (κ2) is 5.97. The van der Waals surface area contributed by atoms with Gasteiger partial charge in [0.1, 0.15) is 18.9 Å². The number of imidazole rings is 1. The van der Waals surface area contributed by atoms with Crippen molar-refractivity contribution in [3.63, 3.8) is 0 Å². The lowest BCUT2D eigenvalue weighted by Gasteiger charge is -1.96. The van der Waals surface area contributed by atoms with Crippen molar-refractivity contribution < 1.29 is 4.57 Å². The van der Waals surface area contributed by atoms with E-state index in [1.54, 1.807) is 0 Å². The summed E-state index contributed by atoms with van der Waals surface area (Å²) in [5.74, 6) is 1.30. The SMILES string of the molecule is Br.C=CCn1cc[n+](CCC)c1C. The van der Waals surface area contributed by atoms with Crippen LogP contribution in [-0.2, 0) is 13.1 Å². The van der Waals surface area contributed by atoms with Crippen molar-refractivity contribution >= 4 is 17.0 Å². The average molecular weight is 246 g/mol. The maximum absolute atomic E-state index is 3.72. The van der Waals surface area contributed by atoms with Gasteiger partial charge in [-0.3, -0.25) is 0 Å². The third kappa shape index (κ3) is 2.99. The van der Waals surface area contributed by atoms with E-state index in [1.165, 1.54) is 12.2 Å². The predicted octanol–water partition coefficient (Wildman–Crippen LogP) is 2.26. The van der Waals surface area contributed by atoms with Crippen LogP contribution in [0, 0.1) is 6.92 Å². The van der Waals surface area contributed by atoms with Crippen LogP contribution in [0.1, 0.15) is 19.2 Å². The van der Waals surface area contributed by atoms with E-state index >= 15 is 0 Å². The molecule has 0 spiro atoms. The molecule has 0 unspecified atom stereocenters. The fourth-order valence-electron chi connectivity index (χ4n) is 1.35.